The van der Waals surface area contributed by atoms with Gasteiger partial charge in [0.25, 0.3) is 0 Å². The number of anilines is 5. The number of hydrogen-bond acceptors (Lipinski definition) is 2. The third kappa shape index (κ3) is 4.51. The number of nitrogens with zero attached hydrogens (tertiary/aromatic N) is 2. The van der Waals surface area contributed by atoms with Gasteiger partial charge < -0.3 is 9.80 Å². The van der Waals surface area contributed by atoms with Crippen LogP contribution in [-0.2, 0) is 5.41 Å². The molecule has 52 heavy (non-hydrogen) atoms. The van der Waals surface area contributed by atoms with Gasteiger partial charge in [0, 0.05) is 35.5 Å². The number of para-hydroxylation sites is 2. The smallest absolute Gasteiger partial charge is 0.0727 e. The zero-order chi connectivity index (χ0) is 34.6. The van der Waals surface area contributed by atoms with E-state index in [0.29, 0.717) is 0 Å². The van der Waals surface area contributed by atoms with Gasteiger partial charge in [-0.15, -0.1) is 0 Å². The summed E-state index contributed by atoms with van der Waals surface area (Å²) in [7, 11) is 2.19. The molecule has 0 unspecified atom stereocenters. The average molecular weight is 665 g/mol. The minimum atomic E-state index is -0.477. The van der Waals surface area contributed by atoms with Crippen LogP contribution in [0.25, 0.3) is 33.4 Å². The van der Waals surface area contributed by atoms with Crippen molar-refractivity contribution >= 4 is 28.4 Å². The van der Waals surface area contributed by atoms with E-state index in [1.807, 2.05) is 0 Å². The van der Waals surface area contributed by atoms with E-state index < -0.39 is 5.41 Å². The van der Waals surface area contributed by atoms with Crippen LogP contribution in [0.4, 0.5) is 28.4 Å². The van der Waals surface area contributed by atoms with Gasteiger partial charge in [-0.25, -0.2) is 0 Å². The highest BCUT2D eigenvalue weighted by molar-refractivity contribution is 5.97. The first-order valence-corrected chi connectivity index (χ1v) is 18.0. The van der Waals surface area contributed by atoms with Gasteiger partial charge >= 0.3 is 0 Å². The van der Waals surface area contributed by atoms with Crippen molar-refractivity contribution in [3.05, 3.63) is 222 Å². The second kappa shape index (κ2) is 12.0. The van der Waals surface area contributed by atoms with E-state index in [1.54, 1.807) is 0 Å². The lowest BCUT2D eigenvalue weighted by molar-refractivity contribution is 0.793. The molecular weight excluding hydrogens is 629 g/mol. The van der Waals surface area contributed by atoms with Crippen molar-refractivity contribution in [1.82, 2.24) is 0 Å². The minimum Gasteiger partial charge on any atom is -0.345 e. The van der Waals surface area contributed by atoms with Crippen molar-refractivity contribution in [3.8, 4) is 33.4 Å². The molecule has 2 heteroatoms. The largest absolute Gasteiger partial charge is 0.345 e. The van der Waals surface area contributed by atoms with Crippen LogP contribution in [-0.4, -0.2) is 7.05 Å². The van der Waals surface area contributed by atoms with E-state index in [0.717, 1.165) is 28.4 Å². The Morgan fingerprint density at radius 1 is 0.308 bits per heavy atom. The molecule has 2 nitrogen and oxygen atoms in total. The zero-order valence-corrected chi connectivity index (χ0v) is 28.9. The molecule has 10 rings (SSSR count). The van der Waals surface area contributed by atoms with Crippen molar-refractivity contribution < 1.29 is 0 Å². The topological polar surface area (TPSA) is 6.48 Å². The Labute approximate surface area is 305 Å². The van der Waals surface area contributed by atoms with Gasteiger partial charge in [0.1, 0.15) is 0 Å². The average Bonchev–Trinajstić information content (AvgIpc) is 3.68. The van der Waals surface area contributed by atoms with E-state index in [-0.39, 0.29) is 0 Å². The fourth-order valence-electron chi connectivity index (χ4n) is 8.74. The molecule has 0 atom stereocenters. The SMILES string of the molecule is CN(c1cccc(-c2ccccc2)c1)c1ccc2c(c1)C1(c3ccccc3-c3ccccc31)c1cc(N(c3ccccc3)c3ccccc3)ccc1-2. The molecule has 0 bridgehead atoms. The summed E-state index contributed by atoms with van der Waals surface area (Å²) in [6, 6.07) is 73.2. The second-order valence-electron chi connectivity index (χ2n) is 13.8. The molecule has 0 N–H and O–H groups in total. The Morgan fingerprint density at radius 3 is 1.33 bits per heavy atom. The van der Waals surface area contributed by atoms with E-state index in [2.05, 4.69) is 217 Å². The van der Waals surface area contributed by atoms with Crippen molar-refractivity contribution in [3.63, 3.8) is 0 Å². The van der Waals surface area contributed by atoms with E-state index in [4.69, 9.17) is 0 Å². The van der Waals surface area contributed by atoms with Gasteiger partial charge in [0.05, 0.1) is 5.41 Å². The molecule has 246 valence electrons. The van der Waals surface area contributed by atoms with Crippen molar-refractivity contribution in [2.24, 2.45) is 0 Å². The van der Waals surface area contributed by atoms with E-state index in [9.17, 15) is 0 Å². The molecule has 2 aliphatic rings. The minimum absolute atomic E-state index is 0.477. The van der Waals surface area contributed by atoms with Crippen molar-refractivity contribution in [2.75, 3.05) is 16.8 Å². The van der Waals surface area contributed by atoms with Gasteiger partial charge in [-0.2, -0.15) is 0 Å². The second-order valence-corrected chi connectivity index (χ2v) is 13.8. The fourth-order valence-corrected chi connectivity index (χ4v) is 8.74. The summed E-state index contributed by atoms with van der Waals surface area (Å²) in [6.07, 6.45) is 0. The Morgan fingerprint density at radius 2 is 0.731 bits per heavy atom. The Bertz CT molecular complexity index is 2510. The van der Waals surface area contributed by atoms with Crippen LogP contribution < -0.4 is 9.80 Å². The molecular formula is C50H36N2. The fraction of sp³-hybridized carbons (Fsp3) is 0.0400. The molecule has 2 aliphatic carbocycles. The summed E-state index contributed by atoms with van der Waals surface area (Å²) in [6.45, 7) is 0. The molecule has 0 aliphatic heterocycles. The van der Waals surface area contributed by atoms with Gasteiger partial charge in [0.2, 0.25) is 0 Å². The normalized spacial score (nSPS) is 12.9. The number of benzene rings is 8. The molecule has 0 aromatic heterocycles. The summed E-state index contributed by atoms with van der Waals surface area (Å²) < 4.78 is 0. The number of hydrogen-bond donors (Lipinski definition) is 0. The third-order valence-electron chi connectivity index (χ3n) is 11.1. The van der Waals surface area contributed by atoms with Crippen molar-refractivity contribution in [2.45, 2.75) is 5.41 Å². The first kappa shape index (κ1) is 30.2. The van der Waals surface area contributed by atoms with Crippen molar-refractivity contribution in [1.29, 1.82) is 0 Å². The number of fused-ring (bicyclic) bond motifs is 10. The Kier molecular flexibility index (Phi) is 6.97. The summed E-state index contributed by atoms with van der Waals surface area (Å²) in [4.78, 5) is 4.71. The zero-order valence-electron chi connectivity index (χ0n) is 28.9. The molecule has 0 heterocycles. The van der Waals surface area contributed by atoms with Gasteiger partial charge in [0.15, 0.2) is 0 Å². The molecule has 0 amide bonds. The van der Waals surface area contributed by atoms with E-state index in [1.165, 1.54) is 55.6 Å². The number of rotatable bonds is 6. The highest BCUT2D eigenvalue weighted by atomic mass is 15.1. The summed E-state index contributed by atoms with van der Waals surface area (Å²) >= 11 is 0. The first-order valence-electron chi connectivity index (χ1n) is 18.0. The summed E-state index contributed by atoms with van der Waals surface area (Å²) in [5.41, 5.74) is 18.2. The molecule has 8 aromatic rings. The van der Waals surface area contributed by atoms with Crippen LogP contribution in [0.15, 0.2) is 200 Å². The molecule has 8 aromatic carbocycles. The lowest BCUT2D eigenvalue weighted by Gasteiger charge is -2.33. The Hall–Kier alpha value is -6.64. The monoisotopic (exact) mass is 664 g/mol. The molecule has 0 fully saturated rings. The van der Waals surface area contributed by atoms with Gasteiger partial charge in [-0.3, -0.25) is 0 Å². The standard InChI is InChI=1S/C50H36N2/c1-51(39-23-15-18-36(32-39)35-16-5-2-6-17-35)40-28-30-44-45-31-29-41(52(37-19-7-3-8-20-37)38-21-9-4-10-22-38)34-49(45)50(48(44)33-40)46-26-13-11-24-42(46)43-25-12-14-27-47(43)50/h2-34H,1H3. The predicted molar refractivity (Wildman–Crippen MR) is 217 cm³/mol. The predicted octanol–water partition coefficient (Wildman–Crippen LogP) is 12.9. The van der Waals surface area contributed by atoms with Gasteiger partial charge in [-0.1, -0.05) is 140 Å². The van der Waals surface area contributed by atoms with Crippen LogP contribution in [0.1, 0.15) is 22.3 Å². The first-order chi connectivity index (χ1) is 25.7. The Balaban J connectivity index is 1.20. The quantitative estimate of drug-likeness (QED) is 0.175. The third-order valence-corrected chi connectivity index (χ3v) is 11.1. The maximum Gasteiger partial charge on any atom is 0.0727 e. The van der Waals surface area contributed by atoms with Crippen LogP contribution >= 0.6 is 0 Å². The molecule has 0 radical (unpaired) electrons. The highest BCUT2D eigenvalue weighted by Crippen LogP contribution is 2.63. The highest BCUT2D eigenvalue weighted by Gasteiger charge is 2.52. The van der Waals surface area contributed by atoms with Crippen LogP contribution in [0.5, 0.6) is 0 Å². The lowest BCUT2D eigenvalue weighted by atomic mass is 9.70. The maximum atomic E-state index is 2.46. The van der Waals surface area contributed by atoms with Gasteiger partial charge in [-0.05, 0) is 116 Å². The molecule has 1 spiro atoms. The summed E-state index contributed by atoms with van der Waals surface area (Å²) in [5, 5.41) is 0. The van der Waals surface area contributed by atoms with E-state index >= 15 is 0 Å². The lowest BCUT2D eigenvalue weighted by Crippen LogP contribution is -2.26. The molecule has 0 saturated heterocycles. The van der Waals surface area contributed by atoms with Crippen LogP contribution in [0, 0.1) is 0 Å². The summed E-state index contributed by atoms with van der Waals surface area (Å²) in [5.74, 6) is 0. The maximum absolute atomic E-state index is 2.46. The van der Waals surface area contributed by atoms with Crippen LogP contribution in [0.2, 0.25) is 0 Å². The van der Waals surface area contributed by atoms with Crippen LogP contribution in [0.3, 0.4) is 0 Å². The molecule has 0 saturated carbocycles.